The maximum absolute atomic E-state index is 11.7. The van der Waals surface area contributed by atoms with E-state index in [1.165, 1.54) is 4.90 Å². The summed E-state index contributed by atoms with van der Waals surface area (Å²) >= 11 is 0. The van der Waals surface area contributed by atoms with Crippen molar-refractivity contribution in [1.29, 1.82) is 5.26 Å². The van der Waals surface area contributed by atoms with E-state index in [-0.39, 0.29) is 54.4 Å². The zero-order valence-electron chi connectivity index (χ0n) is 13.9. The number of nitrogens with zero attached hydrogens (tertiary/aromatic N) is 3. The lowest BCUT2D eigenvalue weighted by atomic mass is 10.1. The van der Waals surface area contributed by atoms with Crippen molar-refractivity contribution < 1.29 is 4.79 Å². The molecule has 2 N–H and O–H groups in total. The Morgan fingerprint density at radius 3 is 2.68 bits per heavy atom. The van der Waals surface area contributed by atoms with Gasteiger partial charge in [0.25, 0.3) is 0 Å². The minimum Gasteiger partial charge on any atom is -0.354 e. The summed E-state index contributed by atoms with van der Waals surface area (Å²) in [6.45, 7) is 4.28. The summed E-state index contributed by atoms with van der Waals surface area (Å²) in [6.07, 6.45) is 3.93. The number of hydrogen-bond donors (Lipinski definition) is 2. The standard InChI is InChI=1S/C15H27N5O.HI/c1-5-11(2)18-15(17-10-14(21)20(3)4)19-13-8-6-7-12(13)9-16;/h11-13H,5-8,10H2,1-4H3,(H2,17,18,19);1H. The van der Waals surface area contributed by atoms with E-state index in [0.717, 1.165) is 25.7 Å². The summed E-state index contributed by atoms with van der Waals surface area (Å²) in [7, 11) is 3.44. The molecule has 6 nitrogen and oxygen atoms in total. The van der Waals surface area contributed by atoms with Crippen LogP contribution in [0.4, 0.5) is 0 Å². The van der Waals surface area contributed by atoms with E-state index >= 15 is 0 Å². The first-order valence-corrected chi connectivity index (χ1v) is 7.65. The fourth-order valence-electron chi connectivity index (χ4n) is 2.22. The van der Waals surface area contributed by atoms with Crippen molar-refractivity contribution in [2.75, 3.05) is 20.6 Å². The van der Waals surface area contributed by atoms with Crippen LogP contribution in [-0.2, 0) is 4.79 Å². The topological polar surface area (TPSA) is 80.5 Å². The van der Waals surface area contributed by atoms with E-state index in [4.69, 9.17) is 5.26 Å². The quantitative estimate of drug-likeness (QED) is 0.403. The van der Waals surface area contributed by atoms with Crippen LogP contribution in [0.5, 0.6) is 0 Å². The minimum absolute atomic E-state index is 0. The van der Waals surface area contributed by atoms with Gasteiger partial charge >= 0.3 is 0 Å². The van der Waals surface area contributed by atoms with Crippen LogP contribution in [0.3, 0.4) is 0 Å². The zero-order chi connectivity index (χ0) is 15.8. The predicted octanol–water partition coefficient (Wildman–Crippen LogP) is 1.72. The fourth-order valence-corrected chi connectivity index (χ4v) is 2.22. The van der Waals surface area contributed by atoms with Crippen molar-refractivity contribution in [3.8, 4) is 6.07 Å². The number of hydrogen-bond acceptors (Lipinski definition) is 3. The van der Waals surface area contributed by atoms with Crippen LogP contribution in [-0.4, -0.2) is 49.5 Å². The van der Waals surface area contributed by atoms with Crippen LogP contribution in [0.25, 0.3) is 0 Å². The minimum atomic E-state index is -0.0384. The molecule has 1 aliphatic rings. The largest absolute Gasteiger partial charge is 0.354 e. The number of nitriles is 1. The van der Waals surface area contributed by atoms with E-state index in [9.17, 15) is 4.79 Å². The highest BCUT2D eigenvalue weighted by molar-refractivity contribution is 14.0. The van der Waals surface area contributed by atoms with Crippen molar-refractivity contribution in [2.24, 2.45) is 10.9 Å². The molecule has 1 amide bonds. The molecule has 0 radical (unpaired) electrons. The molecule has 3 unspecified atom stereocenters. The summed E-state index contributed by atoms with van der Waals surface area (Å²) in [5.74, 6) is 0.619. The van der Waals surface area contributed by atoms with Crippen molar-refractivity contribution in [1.82, 2.24) is 15.5 Å². The predicted molar refractivity (Wildman–Crippen MR) is 99.2 cm³/mol. The first-order valence-electron chi connectivity index (χ1n) is 7.65. The van der Waals surface area contributed by atoms with E-state index in [0.29, 0.717) is 5.96 Å². The molecule has 1 fully saturated rings. The van der Waals surface area contributed by atoms with Crippen LogP contribution in [0.15, 0.2) is 4.99 Å². The van der Waals surface area contributed by atoms with Gasteiger partial charge in [0, 0.05) is 26.2 Å². The van der Waals surface area contributed by atoms with Crippen molar-refractivity contribution >= 4 is 35.8 Å². The summed E-state index contributed by atoms with van der Waals surface area (Å²) < 4.78 is 0. The van der Waals surface area contributed by atoms with Gasteiger partial charge in [-0.25, -0.2) is 4.99 Å². The highest BCUT2D eigenvalue weighted by atomic mass is 127. The third-order valence-electron chi connectivity index (χ3n) is 3.87. The first kappa shape index (κ1) is 21.0. The molecule has 1 aliphatic carbocycles. The Balaban J connectivity index is 0.00000441. The average Bonchev–Trinajstić information content (AvgIpc) is 2.91. The third kappa shape index (κ3) is 6.81. The Kier molecular flexibility index (Phi) is 10.1. The van der Waals surface area contributed by atoms with Gasteiger partial charge in [0.2, 0.25) is 5.91 Å². The van der Waals surface area contributed by atoms with E-state index < -0.39 is 0 Å². The molecule has 22 heavy (non-hydrogen) atoms. The molecule has 0 saturated heterocycles. The van der Waals surface area contributed by atoms with Gasteiger partial charge in [-0.15, -0.1) is 24.0 Å². The highest BCUT2D eigenvalue weighted by Crippen LogP contribution is 2.24. The van der Waals surface area contributed by atoms with Gasteiger partial charge < -0.3 is 15.5 Å². The van der Waals surface area contributed by atoms with Crippen LogP contribution in [0.2, 0.25) is 0 Å². The Morgan fingerprint density at radius 1 is 1.45 bits per heavy atom. The number of guanidine groups is 1. The van der Waals surface area contributed by atoms with Gasteiger partial charge in [0.15, 0.2) is 5.96 Å². The first-order chi connectivity index (χ1) is 9.97. The second-order valence-corrected chi connectivity index (χ2v) is 5.82. The number of amides is 1. The third-order valence-corrected chi connectivity index (χ3v) is 3.87. The second kappa shape index (κ2) is 10.6. The van der Waals surface area contributed by atoms with E-state index in [2.05, 4.69) is 35.5 Å². The number of aliphatic imine (C=N–C) groups is 1. The molecule has 7 heteroatoms. The van der Waals surface area contributed by atoms with Gasteiger partial charge in [0.1, 0.15) is 6.54 Å². The number of rotatable bonds is 5. The molecule has 3 atom stereocenters. The molecule has 0 spiro atoms. The molecule has 1 saturated carbocycles. The summed E-state index contributed by atoms with van der Waals surface area (Å²) in [6, 6.07) is 2.75. The van der Waals surface area contributed by atoms with Crippen molar-refractivity contribution in [3.05, 3.63) is 0 Å². The molecule has 0 aromatic rings. The Bertz CT molecular complexity index is 419. The molecule has 0 aromatic carbocycles. The smallest absolute Gasteiger partial charge is 0.243 e. The van der Waals surface area contributed by atoms with E-state index in [1.54, 1.807) is 14.1 Å². The lowest BCUT2D eigenvalue weighted by Gasteiger charge is -2.22. The van der Waals surface area contributed by atoms with Crippen LogP contribution >= 0.6 is 24.0 Å². The van der Waals surface area contributed by atoms with Crippen molar-refractivity contribution in [2.45, 2.75) is 51.6 Å². The van der Waals surface area contributed by atoms with Gasteiger partial charge in [-0.05, 0) is 32.6 Å². The zero-order valence-corrected chi connectivity index (χ0v) is 16.3. The number of halogens is 1. The van der Waals surface area contributed by atoms with Gasteiger partial charge in [-0.1, -0.05) is 6.92 Å². The lowest BCUT2D eigenvalue weighted by molar-refractivity contribution is -0.127. The molecule has 0 heterocycles. The molecular weight excluding hydrogens is 393 g/mol. The maximum atomic E-state index is 11.7. The molecule has 0 aromatic heterocycles. The lowest BCUT2D eigenvalue weighted by Crippen LogP contribution is -2.48. The molecule has 0 aliphatic heterocycles. The summed E-state index contributed by atoms with van der Waals surface area (Å²) in [5.41, 5.74) is 0. The highest BCUT2D eigenvalue weighted by Gasteiger charge is 2.28. The number of carbonyl (C=O) groups excluding carboxylic acids is 1. The molecule has 126 valence electrons. The molecule has 1 rings (SSSR count). The van der Waals surface area contributed by atoms with Crippen molar-refractivity contribution in [3.63, 3.8) is 0 Å². The number of carbonyl (C=O) groups is 1. The molecule has 0 bridgehead atoms. The molecular formula is C15H28IN5O. The number of likely N-dealkylation sites (N-methyl/N-ethyl adjacent to an activating group) is 1. The Hall–Kier alpha value is -1.04. The van der Waals surface area contributed by atoms with Gasteiger partial charge in [-0.2, -0.15) is 5.26 Å². The maximum Gasteiger partial charge on any atom is 0.243 e. The Labute approximate surface area is 150 Å². The normalized spacial score (nSPS) is 22.2. The van der Waals surface area contributed by atoms with Crippen LogP contribution in [0, 0.1) is 17.2 Å². The van der Waals surface area contributed by atoms with Gasteiger partial charge in [0.05, 0.1) is 12.0 Å². The number of nitrogens with one attached hydrogen (secondary N) is 2. The van der Waals surface area contributed by atoms with Crippen LogP contribution in [0.1, 0.15) is 39.5 Å². The van der Waals surface area contributed by atoms with Crippen LogP contribution < -0.4 is 10.6 Å². The summed E-state index contributed by atoms with van der Waals surface area (Å²) in [5, 5.41) is 15.8. The van der Waals surface area contributed by atoms with E-state index in [1.807, 2.05) is 0 Å². The summed E-state index contributed by atoms with van der Waals surface area (Å²) in [4.78, 5) is 17.6. The SMILES string of the molecule is CCC(C)NC(=NCC(=O)N(C)C)NC1CCCC1C#N.I. The fraction of sp³-hybridized carbons (Fsp3) is 0.800. The van der Waals surface area contributed by atoms with Gasteiger partial charge in [-0.3, -0.25) is 4.79 Å². The second-order valence-electron chi connectivity index (χ2n) is 5.82. The Morgan fingerprint density at radius 2 is 2.14 bits per heavy atom. The monoisotopic (exact) mass is 421 g/mol. The average molecular weight is 421 g/mol.